The molecule has 0 aliphatic carbocycles. The van der Waals surface area contributed by atoms with E-state index < -0.39 is 0 Å². The molecule has 0 radical (unpaired) electrons. The number of hydrogen-bond acceptors (Lipinski definition) is 3. The van der Waals surface area contributed by atoms with E-state index in [1.807, 2.05) is 13.8 Å². The van der Waals surface area contributed by atoms with Gasteiger partial charge in [0.1, 0.15) is 0 Å². The average Bonchev–Trinajstić information content (AvgIpc) is 2.33. The van der Waals surface area contributed by atoms with E-state index in [0.717, 1.165) is 26.1 Å². The van der Waals surface area contributed by atoms with Gasteiger partial charge in [0.05, 0.1) is 19.3 Å². The van der Waals surface area contributed by atoms with Gasteiger partial charge in [-0.05, 0) is 13.5 Å². The maximum absolute atomic E-state index is 8.76. The molecule has 0 spiro atoms. The molecule has 0 bridgehead atoms. The molecule has 0 aromatic carbocycles. The van der Waals surface area contributed by atoms with Crippen molar-refractivity contribution < 1.29 is 9.84 Å². The number of aliphatic hydroxyl groups is 1. The highest BCUT2D eigenvalue weighted by Crippen LogP contribution is 2.03. The van der Waals surface area contributed by atoms with Crippen LogP contribution in [0.5, 0.6) is 0 Å². The fraction of sp³-hybridized carbons (Fsp3) is 1.00. The molecule has 1 heterocycles. The molecule has 1 N–H and O–H groups in total. The number of likely N-dealkylation sites (N-methyl/N-ethyl adjacent to an activating group) is 1. The lowest BCUT2D eigenvalue weighted by atomic mass is 10.2. The van der Waals surface area contributed by atoms with E-state index in [1.54, 1.807) is 0 Å². The molecule has 0 amide bonds. The minimum Gasteiger partial charge on any atom is -0.394 e. The molecule has 0 saturated carbocycles. The molecule has 74 valence electrons. The Kier molecular flexibility index (Phi) is 7.45. The summed E-state index contributed by atoms with van der Waals surface area (Å²) in [6.07, 6.45) is 1.03. The van der Waals surface area contributed by atoms with Gasteiger partial charge < -0.3 is 14.7 Å². The van der Waals surface area contributed by atoms with E-state index in [0.29, 0.717) is 0 Å². The predicted octanol–water partition coefficient (Wildman–Crippen LogP) is 0.726. The second-order valence-electron chi connectivity index (χ2n) is 2.77. The van der Waals surface area contributed by atoms with Crippen LogP contribution in [-0.4, -0.2) is 49.5 Å². The molecule has 0 aromatic heterocycles. The van der Waals surface area contributed by atoms with Crippen LogP contribution < -0.4 is 0 Å². The number of ether oxygens (including phenoxy) is 1. The fourth-order valence-electron chi connectivity index (χ4n) is 1.08. The van der Waals surface area contributed by atoms with Gasteiger partial charge in [-0.25, -0.2) is 0 Å². The van der Waals surface area contributed by atoms with Crippen LogP contribution in [0.25, 0.3) is 0 Å². The highest BCUT2D eigenvalue weighted by atomic mass is 16.5. The third-order valence-corrected chi connectivity index (χ3v) is 1.86. The molecule has 3 nitrogen and oxygen atoms in total. The first-order valence-corrected chi connectivity index (χ1v) is 4.74. The molecule has 1 saturated heterocycles. The molecule has 1 aliphatic heterocycles. The van der Waals surface area contributed by atoms with Crippen molar-refractivity contribution in [2.45, 2.75) is 26.4 Å². The molecule has 0 aromatic rings. The van der Waals surface area contributed by atoms with Crippen LogP contribution in [0.15, 0.2) is 0 Å². The summed E-state index contributed by atoms with van der Waals surface area (Å²) in [5.41, 5.74) is 0. The maximum atomic E-state index is 8.76. The van der Waals surface area contributed by atoms with Crippen LogP contribution in [0, 0.1) is 0 Å². The van der Waals surface area contributed by atoms with E-state index in [1.165, 1.54) is 0 Å². The summed E-state index contributed by atoms with van der Waals surface area (Å²) in [6, 6.07) is 0. The summed E-state index contributed by atoms with van der Waals surface area (Å²) >= 11 is 0. The second kappa shape index (κ2) is 7.53. The van der Waals surface area contributed by atoms with Crippen molar-refractivity contribution in [1.82, 2.24) is 4.90 Å². The topological polar surface area (TPSA) is 32.7 Å². The van der Waals surface area contributed by atoms with Crippen LogP contribution in [0.3, 0.4) is 0 Å². The van der Waals surface area contributed by atoms with Gasteiger partial charge in [0.15, 0.2) is 0 Å². The van der Waals surface area contributed by atoms with Gasteiger partial charge in [-0.1, -0.05) is 13.8 Å². The smallest absolute Gasteiger partial charge is 0.0818 e. The van der Waals surface area contributed by atoms with E-state index in [9.17, 15) is 0 Å². The average molecular weight is 175 g/mol. The normalized spacial score (nSPS) is 25.5. The lowest BCUT2D eigenvalue weighted by Crippen LogP contribution is -2.21. The Morgan fingerprint density at radius 3 is 2.67 bits per heavy atom. The highest BCUT2D eigenvalue weighted by Gasteiger charge is 2.13. The SMILES string of the molecule is CC.CN1CCO[C@@H](CO)CC1. The first-order chi connectivity index (χ1) is 5.83. The molecule has 3 heteroatoms. The monoisotopic (exact) mass is 175 g/mol. The Morgan fingerprint density at radius 1 is 1.42 bits per heavy atom. The van der Waals surface area contributed by atoms with Gasteiger partial charge in [-0.3, -0.25) is 0 Å². The zero-order valence-corrected chi connectivity index (χ0v) is 8.42. The Labute approximate surface area is 75.3 Å². The largest absolute Gasteiger partial charge is 0.394 e. The molecule has 12 heavy (non-hydrogen) atoms. The number of aliphatic hydroxyl groups excluding tert-OH is 1. The van der Waals surface area contributed by atoms with Crippen LogP contribution in [0.1, 0.15) is 20.3 Å². The van der Waals surface area contributed by atoms with Crippen molar-refractivity contribution >= 4 is 0 Å². The van der Waals surface area contributed by atoms with E-state index in [4.69, 9.17) is 9.84 Å². The molecular formula is C9H21NO2. The molecular weight excluding hydrogens is 154 g/mol. The van der Waals surface area contributed by atoms with Crippen molar-refractivity contribution in [1.29, 1.82) is 0 Å². The van der Waals surface area contributed by atoms with Gasteiger partial charge >= 0.3 is 0 Å². The predicted molar refractivity (Wildman–Crippen MR) is 50.3 cm³/mol. The van der Waals surface area contributed by atoms with Crippen molar-refractivity contribution in [3.05, 3.63) is 0 Å². The summed E-state index contributed by atoms with van der Waals surface area (Å²) in [4.78, 5) is 2.22. The van der Waals surface area contributed by atoms with E-state index in [-0.39, 0.29) is 12.7 Å². The second-order valence-corrected chi connectivity index (χ2v) is 2.77. The highest BCUT2D eigenvalue weighted by molar-refractivity contribution is 4.64. The fourth-order valence-corrected chi connectivity index (χ4v) is 1.08. The summed E-state index contributed by atoms with van der Waals surface area (Å²) in [5, 5.41) is 8.76. The first-order valence-electron chi connectivity index (χ1n) is 4.74. The molecule has 0 unspecified atom stereocenters. The van der Waals surface area contributed by atoms with Gasteiger partial charge in [-0.2, -0.15) is 0 Å². The summed E-state index contributed by atoms with van der Waals surface area (Å²) in [5.74, 6) is 0. The quantitative estimate of drug-likeness (QED) is 0.637. The number of hydrogen-bond donors (Lipinski definition) is 1. The standard InChI is InChI=1S/C7H15NO2.C2H6/c1-8-3-2-7(6-9)10-5-4-8;1-2/h7,9H,2-6H2,1H3;1-2H3/t7-;/m1./s1. The lowest BCUT2D eigenvalue weighted by molar-refractivity contribution is 0.0212. The van der Waals surface area contributed by atoms with Crippen LogP contribution in [-0.2, 0) is 4.74 Å². The van der Waals surface area contributed by atoms with Gasteiger partial charge in [0, 0.05) is 13.1 Å². The minimum absolute atomic E-state index is 0.0740. The third-order valence-electron chi connectivity index (χ3n) is 1.86. The van der Waals surface area contributed by atoms with E-state index in [2.05, 4.69) is 11.9 Å². The van der Waals surface area contributed by atoms with Gasteiger partial charge in [0.25, 0.3) is 0 Å². The Balaban J connectivity index is 0.000000561. The molecule has 1 rings (SSSR count). The zero-order chi connectivity index (χ0) is 9.40. The van der Waals surface area contributed by atoms with Gasteiger partial charge in [-0.15, -0.1) is 0 Å². The molecule has 1 atom stereocenters. The zero-order valence-electron chi connectivity index (χ0n) is 8.42. The van der Waals surface area contributed by atoms with Crippen molar-refractivity contribution in [3.8, 4) is 0 Å². The Morgan fingerprint density at radius 2 is 2.08 bits per heavy atom. The van der Waals surface area contributed by atoms with Crippen molar-refractivity contribution in [2.24, 2.45) is 0 Å². The van der Waals surface area contributed by atoms with Gasteiger partial charge in [0.2, 0.25) is 0 Å². The lowest BCUT2D eigenvalue weighted by Gasteiger charge is -2.10. The number of rotatable bonds is 1. The Hall–Kier alpha value is -0.120. The third kappa shape index (κ3) is 4.70. The molecule has 1 aliphatic rings. The summed E-state index contributed by atoms with van der Waals surface area (Å²) < 4.78 is 5.33. The Bertz CT molecular complexity index is 98.5. The molecule has 1 fully saturated rings. The maximum Gasteiger partial charge on any atom is 0.0818 e. The summed E-state index contributed by atoms with van der Waals surface area (Å²) in [6.45, 7) is 6.93. The van der Waals surface area contributed by atoms with Crippen LogP contribution >= 0.6 is 0 Å². The van der Waals surface area contributed by atoms with E-state index >= 15 is 0 Å². The number of nitrogens with zero attached hydrogens (tertiary/aromatic N) is 1. The first kappa shape index (κ1) is 11.9. The summed E-state index contributed by atoms with van der Waals surface area (Å²) in [7, 11) is 2.07. The minimum atomic E-state index is 0.0740. The van der Waals surface area contributed by atoms with Crippen molar-refractivity contribution in [3.63, 3.8) is 0 Å². The van der Waals surface area contributed by atoms with Crippen LogP contribution in [0.4, 0.5) is 0 Å². The van der Waals surface area contributed by atoms with Crippen molar-refractivity contribution in [2.75, 3.05) is 33.4 Å². The van der Waals surface area contributed by atoms with Crippen LogP contribution in [0.2, 0.25) is 0 Å².